The zero-order valence-electron chi connectivity index (χ0n) is 15.7. The van der Waals surface area contributed by atoms with E-state index in [1.807, 2.05) is 0 Å². The Hall–Kier alpha value is -2.80. The molecule has 130 valence electrons. The Bertz CT molecular complexity index is 973. The Morgan fingerprint density at radius 2 is 1.31 bits per heavy atom. The van der Waals surface area contributed by atoms with Crippen molar-refractivity contribution in [3.05, 3.63) is 89.5 Å². The van der Waals surface area contributed by atoms with Crippen LogP contribution in [0.15, 0.2) is 72.8 Å². The smallest absolute Gasteiger partial charge is 0.0424 e. The zero-order chi connectivity index (χ0) is 18.1. The summed E-state index contributed by atoms with van der Waals surface area (Å²) in [7, 11) is 0. The van der Waals surface area contributed by atoms with Crippen molar-refractivity contribution >= 4 is 17.3 Å². The van der Waals surface area contributed by atoms with Gasteiger partial charge in [-0.25, -0.2) is 0 Å². The molecule has 0 aliphatic heterocycles. The van der Waals surface area contributed by atoms with Gasteiger partial charge in [-0.1, -0.05) is 72.8 Å². The molecule has 3 aromatic rings. The molecule has 1 nitrogen and oxygen atoms in total. The van der Waals surface area contributed by atoms with Crippen LogP contribution in [0.2, 0.25) is 0 Å². The van der Waals surface area contributed by atoms with E-state index in [-0.39, 0.29) is 5.54 Å². The second-order valence-corrected chi connectivity index (χ2v) is 8.01. The largest absolute Gasteiger partial charge is 0.380 e. The van der Waals surface area contributed by atoms with E-state index in [9.17, 15) is 0 Å². The van der Waals surface area contributed by atoms with Crippen LogP contribution < -0.4 is 5.32 Å². The lowest BCUT2D eigenvalue weighted by Gasteiger charge is -2.25. The predicted octanol–water partition coefficient (Wildman–Crippen LogP) is 6.66. The molecule has 0 radical (unpaired) electrons. The van der Waals surface area contributed by atoms with Crippen LogP contribution in [0.3, 0.4) is 0 Å². The molecular weight excluding hydrogens is 314 g/mol. The van der Waals surface area contributed by atoms with Gasteiger partial charge in [0.15, 0.2) is 0 Å². The van der Waals surface area contributed by atoms with Crippen molar-refractivity contribution in [3.63, 3.8) is 0 Å². The van der Waals surface area contributed by atoms with Crippen LogP contribution in [0.1, 0.15) is 37.5 Å². The maximum atomic E-state index is 3.66. The summed E-state index contributed by atoms with van der Waals surface area (Å²) in [6.45, 7) is 6.60. The highest BCUT2D eigenvalue weighted by atomic mass is 15.0. The Kier molecular flexibility index (Phi) is 4.16. The van der Waals surface area contributed by atoms with Gasteiger partial charge in [0, 0.05) is 16.8 Å². The fourth-order valence-corrected chi connectivity index (χ4v) is 3.68. The van der Waals surface area contributed by atoms with Gasteiger partial charge in [0.25, 0.3) is 0 Å². The van der Waals surface area contributed by atoms with Crippen LogP contribution in [0.4, 0.5) is 5.69 Å². The quantitative estimate of drug-likeness (QED) is 0.562. The molecule has 0 fully saturated rings. The first-order valence-electron chi connectivity index (χ1n) is 9.27. The average Bonchev–Trinajstić information content (AvgIpc) is 3.05. The van der Waals surface area contributed by atoms with E-state index in [1.54, 1.807) is 0 Å². The molecule has 0 heterocycles. The maximum absolute atomic E-state index is 3.66. The van der Waals surface area contributed by atoms with Gasteiger partial charge < -0.3 is 5.32 Å². The highest BCUT2D eigenvalue weighted by Crippen LogP contribution is 2.39. The number of benzene rings is 3. The van der Waals surface area contributed by atoms with Crippen molar-refractivity contribution < 1.29 is 0 Å². The van der Waals surface area contributed by atoms with E-state index in [4.69, 9.17) is 0 Å². The van der Waals surface area contributed by atoms with Crippen molar-refractivity contribution in [3.8, 4) is 11.1 Å². The van der Waals surface area contributed by atoms with Crippen LogP contribution in [-0.2, 0) is 6.42 Å². The van der Waals surface area contributed by atoms with E-state index in [1.165, 1.54) is 39.1 Å². The molecule has 4 rings (SSSR count). The highest BCUT2D eigenvalue weighted by Gasteiger charge is 2.19. The van der Waals surface area contributed by atoms with Gasteiger partial charge in [0.05, 0.1) is 0 Å². The molecule has 0 saturated heterocycles. The molecule has 1 aliphatic rings. The lowest BCUT2D eigenvalue weighted by molar-refractivity contribution is 0.634. The second-order valence-electron chi connectivity index (χ2n) is 8.01. The van der Waals surface area contributed by atoms with Crippen LogP contribution in [0.5, 0.6) is 0 Å². The number of hydrogen-bond donors (Lipinski definition) is 1. The topological polar surface area (TPSA) is 12.0 Å². The van der Waals surface area contributed by atoms with Crippen molar-refractivity contribution in [1.82, 2.24) is 0 Å². The SMILES string of the molecule is CC(C)(C)Nc1ccccc1-c1ccccc1C1=Cc2ccccc2C1. The van der Waals surface area contributed by atoms with Gasteiger partial charge in [-0.3, -0.25) is 0 Å². The Labute approximate surface area is 156 Å². The predicted molar refractivity (Wildman–Crippen MR) is 113 cm³/mol. The molecule has 0 amide bonds. The third-order valence-corrected chi connectivity index (χ3v) is 4.77. The maximum Gasteiger partial charge on any atom is 0.0424 e. The third-order valence-electron chi connectivity index (χ3n) is 4.77. The summed E-state index contributed by atoms with van der Waals surface area (Å²) in [5.41, 5.74) is 9.24. The van der Waals surface area contributed by atoms with E-state index in [0.29, 0.717) is 0 Å². The minimum absolute atomic E-state index is 0.0217. The number of para-hydroxylation sites is 1. The molecular formula is C25H25N. The van der Waals surface area contributed by atoms with Crippen LogP contribution >= 0.6 is 0 Å². The summed E-state index contributed by atoms with van der Waals surface area (Å²) in [4.78, 5) is 0. The van der Waals surface area contributed by atoms with Crippen LogP contribution in [-0.4, -0.2) is 5.54 Å². The molecule has 0 atom stereocenters. The molecule has 0 unspecified atom stereocenters. The summed E-state index contributed by atoms with van der Waals surface area (Å²) < 4.78 is 0. The fraction of sp³-hybridized carbons (Fsp3) is 0.200. The van der Waals surface area contributed by atoms with E-state index in [0.717, 1.165) is 6.42 Å². The Morgan fingerprint density at radius 3 is 2.04 bits per heavy atom. The summed E-state index contributed by atoms with van der Waals surface area (Å²) >= 11 is 0. The van der Waals surface area contributed by atoms with Crippen LogP contribution in [0, 0.1) is 0 Å². The van der Waals surface area contributed by atoms with Gasteiger partial charge in [0.2, 0.25) is 0 Å². The second kappa shape index (κ2) is 6.49. The number of fused-ring (bicyclic) bond motifs is 1. The number of nitrogens with one attached hydrogen (secondary N) is 1. The van der Waals surface area contributed by atoms with E-state index in [2.05, 4.69) is 105 Å². The summed E-state index contributed by atoms with van der Waals surface area (Å²) in [6, 6.07) is 26.1. The third kappa shape index (κ3) is 3.30. The summed E-state index contributed by atoms with van der Waals surface area (Å²) in [5.74, 6) is 0. The lowest BCUT2D eigenvalue weighted by atomic mass is 9.92. The average molecular weight is 339 g/mol. The summed E-state index contributed by atoms with van der Waals surface area (Å²) in [5, 5.41) is 3.66. The van der Waals surface area contributed by atoms with Gasteiger partial charge in [-0.2, -0.15) is 0 Å². The van der Waals surface area contributed by atoms with Crippen LogP contribution in [0.25, 0.3) is 22.8 Å². The minimum atomic E-state index is 0.0217. The lowest BCUT2D eigenvalue weighted by Crippen LogP contribution is -2.26. The minimum Gasteiger partial charge on any atom is -0.380 e. The molecule has 0 spiro atoms. The molecule has 0 aromatic heterocycles. The molecule has 1 aliphatic carbocycles. The van der Waals surface area contributed by atoms with Gasteiger partial charge >= 0.3 is 0 Å². The standard InChI is InChI=1S/C25H25N/c1-25(2,3)26-24-15-9-8-14-23(24)22-13-7-6-12-21(22)20-16-18-10-4-5-11-19(18)17-20/h4-16,26H,17H2,1-3H3. The van der Waals surface area contributed by atoms with Crippen molar-refractivity contribution in [2.75, 3.05) is 5.32 Å². The van der Waals surface area contributed by atoms with Gasteiger partial charge in [-0.05, 0) is 61.1 Å². The summed E-state index contributed by atoms with van der Waals surface area (Å²) in [6.07, 6.45) is 3.34. The Morgan fingerprint density at radius 1 is 0.692 bits per heavy atom. The molecule has 3 aromatic carbocycles. The number of hydrogen-bond acceptors (Lipinski definition) is 1. The normalized spacial score (nSPS) is 13.3. The Balaban J connectivity index is 1.80. The molecule has 26 heavy (non-hydrogen) atoms. The van der Waals surface area contributed by atoms with Crippen molar-refractivity contribution in [1.29, 1.82) is 0 Å². The number of allylic oxidation sites excluding steroid dienone is 1. The first-order valence-corrected chi connectivity index (χ1v) is 9.27. The van der Waals surface area contributed by atoms with E-state index >= 15 is 0 Å². The zero-order valence-corrected chi connectivity index (χ0v) is 15.7. The van der Waals surface area contributed by atoms with Gasteiger partial charge in [-0.15, -0.1) is 0 Å². The number of anilines is 1. The van der Waals surface area contributed by atoms with Gasteiger partial charge in [0.1, 0.15) is 0 Å². The molecule has 0 bridgehead atoms. The molecule has 1 heteroatoms. The highest BCUT2D eigenvalue weighted by molar-refractivity contribution is 5.95. The first-order chi connectivity index (χ1) is 12.5. The monoisotopic (exact) mass is 339 g/mol. The fourth-order valence-electron chi connectivity index (χ4n) is 3.68. The van der Waals surface area contributed by atoms with Crippen molar-refractivity contribution in [2.45, 2.75) is 32.7 Å². The number of rotatable bonds is 3. The van der Waals surface area contributed by atoms with Crippen molar-refractivity contribution in [2.24, 2.45) is 0 Å². The van der Waals surface area contributed by atoms with E-state index < -0.39 is 0 Å². The molecule has 1 N–H and O–H groups in total. The first kappa shape index (κ1) is 16.7. The molecule has 0 saturated carbocycles.